The van der Waals surface area contributed by atoms with E-state index in [4.69, 9.17) is 10.2 Å². The summed E-state index contributed by atoms with van der Waals surface area (Å²) in [6.07, 6.45) is 7.44. The predicted molar refractivity (Wildman–Crippen MR) is 132 cm³/mol. The van der Waals surface area contributed by atoms with E-state index >= 15 is 0 Å². The Bertz CT molecular complexity index is 1260. The smallest absolute Gasteiger partial charge is 0.236 e. The SMILES string of the molecule is Cc1cc(NC(=O)C(CN)Cc2ccccc2)sc1-c1ncco1.c1cnc2[nH]ccc2c1. The number of H-pyrrole nitrogens is 1. The average Bonchev–Trinajstić information content (AvgIpc) is 3.59. The van der Waals surface area contributed by atoms with Crippen LogP contribution in [0.2, 0.25) is 0 Å². The van der Waals surface area contributed by atoms with Crippen LogP contribution in [0.4, 0.5) is 5.00 Å². The summed E-state index contributed by atoms with van der Waals surface area (Å²) < 4.78 is 5.33. The Morgan fingerprint density at radius 2 is 2.00 bits per heavy atom. The van der Waals surface area contributed by atoms with Crippen molar-refractivity contribution in [1.29, 1.82) is 0 Å². The number of nitrogens with zero attached hydrogens (tertiary/aromatic N) is 2. The standard InChI is InChI=1S/C18H19N3O2S.C7H6N2/c1-12-9-15(24-16(12)18-20-7-8-23-18)21-17(22)14(11-19)10-13-5-3-2-4-6-13;1-2-6-3-5-9-7(6)8-4-1/h2-9,14H,10-11,19H2,1H3,(H,21,22);1-5H,(H,8,9). The number of nitrogens with two attached hydrogens (primary N) is 1. The number of hydrogen-bond acceptors (Lipinski definition) is 6. The van der Waals surface area contributed by atoms with Gasteiger partial charge in [0.05, 0.1) is 22.0 Å². The van der Waals surface area contributed by atoms with Crippen LogP contribution in [0.3, 0.4) is 0 Å². The summed E-state index contributed by atoms with van der Waals surface area (Å²) in [5.41, 5.74) is 8.88. The van der Waals surface area contributed by atoms with Gasteiger partial charge in [-0.15, -0.1) is 11.3 Å². The summed E-state index contributed by atoms with van der Waals surface area (Å²) in [4.78, 5) is 24.7. The topological polar surface area (TPSA) is 110 Å². The van der Waals surface area contributed by atoms with Crippen molar-refractivity contribution in [3.8, 4) is 10.8 Å². The number of nitrogens with one attached hydrogen (secondary N) is 2. The molecule has 168 valence electrons. The number of aromatic nitrogens is 3. The Kier molecular flexibility index (Phi) is 7.29. The third-order valence-corrected chi connectivity index (χ3v) is 6.23. The Morgan fingerprint density at radius 1 is 1.15 bits per heavy atom. The van der Waals surface area contributed by atoms with Gasteiger partial charge in [0, 0.05) is 24.3 Å². The van der Waals surface area contributed by atoms with Gasteiger partial charge in [-0.05, 0) is 48.7 Å². The minimum absolute atomic E-state index is 0.0680. The maximum atomic E-state index is 12.5. The fraction of sp³-hybridized carbons (Fsp3) is 0.160. The number of aromatic amines is 1. The van der Waals surface area contributed by atoms with Crippen molar-refractivity contribution in [2.45, 2.75) is 13.3 Å². The number of fused-ring (bicyclic) bond motifs is 1. The summed E-state index contributed by atoms with van der Waals surface area (Å²) in [7, 11) is 0. The largest absolute Gasteiger partial charge is 0.444 e. The second-order valence-electron chi connectivity index (χ2n) is 7.49. The van der Waals surface area contributed by atoms with Crippen LogP contribution in [0.1, 0.15) is 11.1 Å². The number of amides is 1. The lowest BCUT2D eigenvalue weighted by Gasteiger charge is -2.14. The number of benzene rings is 1. The Hall–Kier alpha value is -3.75. The minimum Gasteiger partial charge on any atom is -0.444 e. The first-order chi connectivity index (χ1) is 16.1. The van der Waals surface area contributed by atoms with E-state index in [1.54, 1.807) is 12.4 Å². The molecule has 4 N–H and O–H groups in total. The number of aryl methyl sites for hydroxylation is 1. The summed E-state index contributed by atoms with van der Waals surface area (Å²) >= 11 is 1.45. The Labute approximate surface area is 195 Å². The molecule has 33 heavy (non-hydrogen) atoms. The van der Waals surface area contributed by atoms with Crippen molar-refractivity contribution in [2.75, 3.05) is 11.9 Å². The molecule has 4 heterocycles. The first-order valence-electron chi connectivity index (χ1n) is 10.6. The molecule has 8 heteroatoms. The van der Waals surface area contributed by atoms with Gasteiger partial charge in [-0.25, -0.2) is 9.97 Å². The van der Waals surface area contributed by atoms with Crippen molar-refractivity contribution in [3.05, 3.63) is 90.6 Å². The molecule has 5 aromatic rings. The maximum absolute atomic E-state index is 12.5. The highest BCUT2D eigenvalue weighted by Gasteiger charge is 2.19. The Morgan fingerprint density at radius 3 is 2.73 bits per heavy atom. The van der Waals surface area contributed by atoms with Crippen molar-refractivity contribution in [2.24, 2.45) is 11.7 Å². The van der Waals surface area contributed by atoms with Crippen molar-refractivity contribution >= 4 is 33.3 Å². The average molecular weight is 460 g/mol. The normalized spacial score (nSPS) is 11.6. The minimum atomic E-state index is -0.264. The van der Waals surface area contributed by atoms with Gasteiger partial charge in [0.25, 0.3) is 0 Å². The molecule has 0 fully saturated rings. The first kappa shape index (κ1) is 22.4. The van der Waals surface area contributed by atoms with Crippen LogP contribution in [0.5, 0.6) is 0 Å². The lowest BCUT2D eigenvalue weighted by atomic mass is 9.99. The summed E-state index contributed by atoms with van der Waals surface area (Å²) in [5, 5.41) is 4.91. The van der Waals surface area contributed by atoms with Gasteiger partial charge in [0.1, 0.15) is 11.9 Å². The molecule has 5 rings (SSSR count). The molecule has 0 aliphatic carbocycles. The molecule has 0 aliphatic heterocycles. The lowest BCUT2D eigenvalue weighted by Crippen LogP contribution is -2.30. The molecule has 0 spiro atoms. The number of oxazole rings is 1. The first-order valence-corrected chi connectivity index (χ1v) is 11.4. The molecule has 0 bridgehead atoms. The van der Waals surface area contributed by atoms with Crippen LogP contribution < -0.4 is 11.1 Å². The second-order valence-corrected chi connectivity index (χ2v) is 8.54. The van der Waals surface area contributed by atoms with Crippen LogP contribution in [0, 0.1) is 12.8 Å². The number of thiophene rings is 1. The van der Waals surface area contributed by atoms with Gasteiger partial charge in [-0.1, -0.05) is 30.3 Å². The highest BCUT2D eigenvalue weighted by atomic mass is 32.1. The number of anilines is 1. The van der Waals surface area contributed by atoms with E-state index in [1.165, 1.54) is 17.6 Å². The number of carbonyl (C=O) groups excluding carboxylic acids is 1. The molecule has 4 aromatic heterocycles. The molecule has 1 aromatic carbocycles. The third-order valence-electron chi connectivity index (χ3n) is 5.09. The van der Waals surface area contributed by atoms with Crippen LogP contribution >= 0.6 is 11.3 Å². The summed E-state index contributed by atoms with van der Waals surface area (Å²) in [6, 6.07) is 17.8. The van der Waals surface area contributed by atoms with Crippen molar-refractivity contribution in [1.82, 2.24) is 15.0 Å². The summed E-state index contributed by atoms with van der Waals surface area (Å²) in [6.45, 7) is 2.27. The van der Waals surface area contributed by atoms with E-state index in [0.29, 0.717) is 18.9 Å². The van der Waals surface area contributed by atoms with Gasteiger partial charge in [-0.3, -0.25) is 4.79 Å². The lowest BCUT2D eigenvalue weighted by molar-refractivity contribution is -0.119. The maximum Gasteiger partial charge on any atom is 0.236 e. The van der Waals surface area contributed by atoms with E-state index in [1.807, 2.05) is 67.7 Å². The fourth-order valence-corrected chi connectivity index (χ4v) is 4.40. The van der Waals surface area contributed by atoms with Crippen molar-refractivity contribution in [3.63, 3.8) is 0 Å². The zero-order valence-electron chi connectivity index (χ0n) is 18.2. The molecule has 0 aliphatic rings. The van der Waals surface area contributed by atoms with Gasteiger partial charge >= 0.3 is 0 Å². The highest BCUT2D eigenvalue weighted by Crippen LogP contribution is 2.34. The molecular formula is C25H25N5O2S. The van der Waals surface area contributed by atoms with Crippen LogP contribution in [0.15, 0.2) is 83.9 Å². The Balaban J connectivity index is 0.000000238. The van der Waals surface area contributed by atoms with E-state index in [2.05, 4.69) is 20.3 Å². The van der Waals surface area contributed by atoms with E-state index in [-0.39, 0.29) is 11.8 Å². The molecule has 1 atom stereocenters. The molecular weight excluding hydrogens is 434 g/mol. The highest BCUT2D eigenvalue weighted by molar-refractivity contribution is 7.19. The fourth-order valence-electron chi connectivity index (χ4n) is 3.38. The second kappa shape index (κ2) is 10.7. The van der Waals surface area contributed by atoms with Gasteiger partial charge in [-0.2, -0.15) is 0 Å². The molecule has 0 saturated heterocycles. The van der Waals surface area contributed by atoms with Crippen LogP contribution in [0.25, 0.3) is 21.8 Å². The zero-order valence-corrected chi connectivity index (χ0v) is 19.0. The summed E-state index contributed by atoms with van der Waals surface area (Å²) in [5.74, 6) is 0.235. The molecule has 1 unspecified atom stereocenters. The van der Waals surface area contributed by atoms with Gasteiger partial charge in [0.15, 0.2) is 0 Å². The number of carbonyl (C=O) groups is 1. The molecule has 7 nitrogen and oxygen atoms in total. The molecule has 0 radical (unpaired) electrons. The van der Waals surface area contributed by atoms with Crippen LogP contribution in [-0.4, -0.2) is 27.4 Å². The predicted octanol–water partition coefficient (Wildman–Crippen LogP) is 5.03. The molecule has 1 amide bonds. The van der Waals surface area contributed by atoms with Gasteiger partial charge in [0.2, 0.25) is 11.8 Å². The third kappa shape index (κ3) is 5.74. The number of hydrogen-bond donors (Lipinski definition) is 3. The number of pyridine rings is 1. The zero-order chi connectivity index (χ0) is 23.0. The van der Waals surface area contributed by atoms with E-state index in [9.17, 15) is 4.79 Å². The molecule has 0 saturated carbocycles. The quantitative estimate of drug-likeness (QED) is 0.330. The van der Waals surface area contributed by atoms with Crippen molar-refractivity contribution < 1.29 is 9.21 Å². The van der Waals surface area contributed by atoms with Crippen LogP contribution in [-0.2, 0) is 11.2 Å². The number of rotatable bonds is 6. The monoisotopic (exact) mass is 459 g/mol. The van der Waals surface area contributed by atoms with Gasteiger partial charge < -0.3 is 20.5 Å². The van der Waals surface area contributed by atoms with E-state index < -0.39 is 0 Å². The van der Waals surface area contributed by atoms with E-state index in [0.717, 1.165) is 32.0 Å².